The highest BCUT2D eigenvalue weighted by Crippen LogP contribution is 2.24. The minimum atomic E-state index is -0.990. The van der Waals surface area contributed by atoms with Crippen LogP contribution in [0.3, 0.4) is 0 Å². The first-order valence-electron chi connectivity index (χ1n) is 10.3. The molecule has 0 unspecified atom stereocenters. The number of hydrogen-bond donors (Lipinski definition) is 2. The standard InChI is InChI=1S/C25H24N2O4/c28-23(31-24(18-7-3-1-4-8-18)25(29)27-21-11-12-21)17-30-22-15-13-20(14-16-22)26-19-9-5-2-6-10-19/h1-10,13-16,21,24,26H,11-12,17H2,(H,27,29)/t24-/m1/s1. The Labute approximate surface area is 181 Å². The van der Waals surface area contributed by atoms with Crippen LogP contribution in [0.2, 0.25) is 0 Å². The average Bonchev–Trinajstić information content (AvgIpc) is 3.62. The first-order chi connectivity index (χ1) is 15.2. The summed E-state index contributed by atoms with van der Waals surface area (Å²) in [4.78, 5) is 24.9. The number of anilines is 2. The summed E-state index contributed by atoms with van der Waals surface area (Å²) in [5.41, 5.74) is 2.52. The van der Waals surface area contributed by atoms with Crippen LogP contribution in [0.25, 0.3) is 0 Å². The van der Waals surface area contributed by atoms with Crippen LogP contribution >= 0.6 is 0 Å². The fourth-order valence-corrected chi connectivity index (χ4v) is 3.04. The van der Waals surface area contributed by atoms with Gasteiger partial charge in [-0.1, -0.05) is 48.5 Å². The number of para-hydroxylation sites is 1. The summed E-state index contributed by atoms with van der Waals surface area (Å²) in [5.74, 6) is -0.376. The lowest BCUT2D eigenvalue weighted by Crippen LogP contribution is -2.34. The van der Waals surface area contributed by atoms with Crippen molar-refractivity contribution in [2.45, 2.75) is 25.0 Å². The van der Waals surface area contributed by atoms with Crippen molar-refractivity contribution in [1.29, 1.82) is 0 Å². The minimum absolute atomic E-state index is 0.177. The molecule has 1 amide bonds. The Bertz CT molecular complexity index is 1000. The molecule has 0 bridgehead atoms. The molecule has 0 saturated heterocycles. The van der Waals surface area contributed by atoms with E-state index in [9.17, 15) is 9.59 Å². The van der Waals surface area contributed by atoms with Crippen LogP contribution in [0.5, 0.6) is 5.75 Å². The van der Waals surface area contributed by atoms with Gasteiger partial charge in [0.2, 0.25) is 6.10 Å². The molecule has 0 radical (unpaired) electrons. The molecule has 1 fully saturated rings. The highest BCUT2D eigenvalue weighted by atomic mass is 16.6. The van der Waals surface area contributed by atoms with Crippen molar-refractivity contribution in [3.63, 3.8) is 0 Å². The molecule has 0 spiro atoms. The van der Waals surface area contributed by atoms with Gasteiger partial charge in [0.25, 0.3) is 5.91 Å². The van der Waals surface area contributed by atoms with E-state index in [2.05, 4.69) is 10.6 Å². The second-order valence-corrected chi connectivity index (χ2v) is 7.37. The van der Waals surface area contributed by atoms with Crippen molar-refractivity contribution in [2.75, 3.05) is 11.9 Å². The van der Waals surface area contributed by atoms with Crippen LogP contribution in [0.4, 0.5) is 11.4 Å². The molecule has 0 aliphatic heterocycles. The number of nitrogens with one attached hydrogen (secondary N) is 2. The first kappa shape index (κ1) is 20.5. The van der Waals surface area contributed by atoms with Gasteiger partial charge in [0, 0.05) is 23.0 Å². The molecule has 1 aliphatic rings. The zero-order valence-electron chi connectivity index (χ0n) is 17.0. The van der Waals surface area contributed by atoms with Crippen molar-refractivity contribution in [2.24, 2.45) is 0 Å². The third-order valence-electron chi connectivity index (χ3n) is 4.79. The molecule has 2 N–H and O–H groups in total. The van der Waals surface area contributed by atoms with E-state index in [1.54, 1.807) is 24.3 Å². The molecule has 158 valence electrons. The first-order valence-corrected chi connectivity index (χ1v) is 10.3. The lowest BCUT2D eigenvalue weighted by molar-refractivity contribution is -0.158. The zero-order chi connectivity index (χ0) is 21.5. The second kappa shape index (κ2) is 9.80. The molecule has 0 aromatic heterocycles. The predicted octanol–water partition coefficient (Wildman–Crippen LogP) is 4.37. The Hall–Kier alpha value is -3.80. The minimum Gasteiger partial charge on any atom is -0.482 e. The van der Waals surface area contributed by atoms with E-state index in [0.29, 0.717) is 11.3 Å². The monoisotopic (exact) mass is 416 g/mol. The summed E-state index contributed by atoms with van der Waals surface area (Å²) < 4.78 is 11.0. The second-order valence-electron chi connectivity index (χ2n) is 7.37. The number of ether oxygens (including phenoxy) is 2. The maximum atomic E-state index is 12.6. The van der Waals surface area contributed by atoms with Crippen molar-refractivity contribution in [1.82, 2.24) is 5.32 Å². The largest absolute Gasteiger partial charge is 0.482 e. The summed E-state index contributed by atoms with van der Waals surface area (Å²) >= 11 is 0. The van der Waals surface area contributed by atoms with Crippen molar-refractivity contribution in [3.05, 3.63) is 90.5 Å². The Kier molecular flexibility index (Phi) is 6.47. The van der Waals surface area contributed by atoms with E-state index in [4.69, 9.17) is 9.47 Å². The zero-order valence-corrected chi connectivity index (χ0v) is 17.0. The molecule has 3 aromatic carbocycles. The summed E-state index contributed by atoms with van der Waals surface area (Å²) in [6.45, 7) is -0.286. The Balaban J connectivity index is 1.32. The third-order valence-corrected chi connectivity index (χ3v) is 4.79. The molecule has 6 nitrogen and oxygen atoms in total. The molecule has 31 heavy (non-hydrogen) atoms. The van der Waals surface area contributed by atoms with Gasteiger partial charge in [-0.3, -0.25) is 4.79 Å². The number of esters is 1. The molecular formula is C25H24N2O4. The van der Waals surface area contributed by atoms with Gasteiger partial charge in [0.05, 0.1) is 0 Å². The number of benzene rings is 3. The fourth-order valence-electron chi connectivity index (χ4n) is 3.04. The van der Waals surface area contributed by atoms with Crippen molar-refractivity contribution >= 4 is 23.3 Å². The molecular weight excluding hydrogens is 392 g/mol. The topological polar surface area (TPSA) is 76.7 Å². The maximum absolute atomic E-state index is 12.6. The van der Waals surface area contributed by atoms with Crippen LogP contribution in [-0.4, -0.2) is 24.5 Å². The molecule has 4 rings (SSSR count). The molecule has 1 atom stereocenters. The lowest BCUT2D eigenvalue weighted by Gasteiger charge is -2.18. The van der Waals surface area contributed by atoms with Gasteiger partial charge < -0.3 is 20.1 Å². The van der Waals surface area contributed by atoms with E-state index in [1.165, 1.54) is 0 Å². The smallest absolute Gasteiger partial charge is 0.345 e. The number of carbonyl (C=O) groups excluding carboxylic acids is 2. The van der Waals surface area contributed by atoms with E-state index in [-0.39, 0.29) is 18.6 Å². The van der Waals surface area contributed by atoms with Gasteiger partial charge in [-0.15, -0.1) is 0 Å². The van der Waals surface area contributed by atoms with Crippen LogP contribution in [0.1, 0.15) is 24.5 Å². The Morgan fingerprint density at radius 2 is 1.45 bits per heavy atom. The molecule has 1 saturated carbocycles. The Morgan fingerprint density at radius 1 is 0.839 bits per heavy atom. The third kappa shape index (κ3) is 6.09. The van der Waals surface area contributed by atoms with Crippen molar-refractivity contribution < 1.29 is 19.1 Å². The maximum Gasteiger partial charge on any atom is 0.345 e. The SMILES string of the molecule is O=C(COc1ccc(Nc2ccccc2)cc1)O[C@@H](C(=O)NC1CC1)c1ccccc1. The van der Waals surface area contributed by atoms with Crippen LogP contribution in [0, 0.1) is 0 Å². The van der Waals surface area contributed by atoms with Gasteiger partial charge in [-0.2, -0.15) is 0 Å². The van der Waals surface area contributed by atoms with Crippen LogP contribution in [0.15, 0.2) is 84.9 Å². The fraction of sp³-hybridized carbons (Fsp3) is 0.200. The van der Waals surface area contributed by atoms with Crippen LogP contribution < -0.4 is 15.4 Å². The highest BCUT2D eigenvalue weighted by molar-refractivity contribution is 5.85. The predicted molar refractivity (Wildman–Crippen MR) is 118 cm³/mol. The summed E-state index contributed by atoms with van der Waals surface area (Å²) in [6.07, 6.45) is 0.925. The summed E-state index contributed by atoms with van der Waals surface area (Å²) in [7, 11) is 0. The van der Waals surface area contributed by atoms with Gasteiger partial charge >= 0.3 is 5.97 Å². The summed E-state index contributed by atoms with van der Waals surface area (Å²) in [5, 5.41) is 6.18. The average molecular weight is 416 g/mol. The van der Waals surface area contributed by atoms with Crippen LogP contribution in [-0.2, 0) is 14.3 Å². The normalized spacial score (nSPS) is 13.7. The van der Waals surface area contributed by atoms with E-state index >= 15 is 0 Å². The molecule has 6 heteroatoms. The molecule has 3 aromatic rings. The number of rotatable bonds is 9. The highest BCUT2D eigenvalue weighted by Gasteiger charge is 2.30. The number of hydrogen-bond acceptors (Lipinski definition) is 5. The lowest BCUT2D eigenvalue weighted by atomic mass is 10.1. The Morgan fingerprint density at radius 3 is 2.10 bits per heavy atom. The molecule has 0 heterocycles. The number of carbonyl (C=O) groups is 2. The van der Waals surface area contributed by atoms with E-state index in [1.807, 2.05) is 60.7 Å². The number of amides is 1. The van der Waals surface area contributed by atoms with Gasteiger partial charge in [-0.25, -0.2) is 4.79 Å². The summed E-state index contributed by atoms with van der Waals surface area (Å²) in [6, 6.07) is 26.3. The van der Waals surface area contributed by atoms with Gasteiger partial charge in [-0.05, 0) is 49.2 Å². The van der Waals surface area contributed by atoms with E-state index in [0.717, 1.165) is 24.2 Å². The van der Waals surface area contributed by atoms with Gasteiger partial charge in [0.1, 0.15) is 5.75 Å². The van der Waals surface area contributed by atoms with E-state index < -0.39 is 12.1 Å². The van der Waals surface area contributed by atoms with Crippen molar-refractivity contribution in [3.8, 4) is 5.75 Å². The van der Waals surface area contributed by atoms with Gasteiger partial charge in [0.15, 0.2) is 6.61 Å². The quantitative estimate of drug-likeness (QED) is 0.507. The molecule has 1 aliphatic carbocycles.